The fraction of sp³-hybridized carbons (Fsp3) is 0.167. The minimum atomic E-state index is -0.889. The third kappa shape index (κ3) is 2.48. The smallest absolute Gasteiger partial charge is 0.337 e. The predicted molar refractivity (Wildman–Crippen MR) is 59.3 cm³/mol. The SMILES string of the molecule is O=C(O)c1ccn(CCc2cccnc2)c1. The molecule has 1 N–H and O–H groups in total. The van der Waals surface area contributed by atoms with Crippen LogP contribution in [0.1, 0.15) is 15.9 Å². The maximum atomic E-state index is 10.7. The van der Waals surface area contributed by atoms with E-state index in [1.54, 1.807) is 24.7 Å². The van der Waals surface area contributed by atoms with Gasteiger partial charge in [0, 0.05) is 31.3 Å². The van der Waals surface area contributed by atoms with E-state index in [0.717, 1.165) is 18.5 Å². The molecule has 82 valence electrons. The zero-order valence-electron chi connectivity index (χ0n) is 8.71. The third-order valence-corrected chi connectivity index (χ3v) is 2.38. The Morgan fingerprint density at radius 3 is 2.94 bits per heavy atom. The highest BCUT2D eigenvalue weighted by atomic mass is 16.4. The molecule has 0 atom stereocenters. The van der Waals surface area contributed by atoms with E-state index in [1.807, 2.05) is 22.9 Å². The van der Waals surface area contributed by atoms with Gasteiger partial charge in [-0.3, -0.25) is 4.98 Å². The summed E-state index contributed by atoms with van der Waals surface area (Å²) in [6, 6.07) is 5.51. The summed E-state index contributed by atoms with van der Waals surface area (Å²) >= 11 is 0. The molecule has 0 unspecified atom stereocenters. The van der Waals surface area contributed by atoms with Gasteiger partial charge in [0.25, 0.3) is 0 Å². The molecule has 0 amide bonds. The largest absolute Gasteiger partial charge is 0.478 e. The van der Waals surface area contributed by atoms with Crippen LogP contribution in [0.25, 0.3) is 0 Å². The van der Waals surface area contributed by atoms with Gasteiger partial charge in [-0.25, -0.2) is 4.79 Å². The summed E-state index contributed by atoms with van der Waals surface area (Å²) in [5.41, 5.74) is 1.47. The monoisotopic (exact) mass is 216 g/mol. The summed E-state index contributed by atoms with van der Waals surface area (Å²) in [6.07, 6.45) is 7.82. The lowest BCUT2D eigenvalue weighted by Gasteiger charge is -2.02. The molecule has 0 bridgehead atoms. The van der Waals surface area contributed by atoms with E-state index in [2.05, 4.69) is 4.98 Å². The van der Waals surface area contributed by atoms with E-state index in [-0.39, 0.29) is 0 Å². The van der Waals surface area contributed by atoms with Crippen molar-refractivity contribution in [1.29, 1.82) is 0 Å². The van der Waals surface area contributed by atoms with Crippen LogP contribution in [0.3, 0.4) is 0 Å². The van der Waals surface area contributed by atoms with Gasteiger partial charge in [-0.05, 0) is 24.1 Å². The molecule has 0 aromatic carbocycles. The van der Waals surface area contributed by atoms with E-state index < -0.39 is 5.97 Å². The fourth-order valence-corrected chi connectivity index (χ4v) is 1.51. The van der Waals surface area contributed by atoms with Crippen LogP contribution in [0.4, 0.5) is 0 Å². The zero-order valence-corrected chi connectivity index (χ0v) is 8.71. The highest BCUT2D eigenvalue weighted by Crippen LogP contribution is 2.04. The number of hydrogen-bond acceptors (Lipinski definition) is 2. The Balaban J connectivity index is 1.97. The fourth-order valence-electron chi connectivity index (χ4n) is 1.51. The second-order valence-electron chi connectivity index (χ2n) is 3.55. The number of carboxylic acids is 1. The summed E-state index contributed by atoms with van der Waals surface area (Å²) in [4.78, 5) is 14.7. The van der Waals surface area contributed by atoms with Crippen LogP contribution >= 0.6 is 0 Å². The van der Waals surface area contributed by atoms with Crippen molar-refractivity contribution in [2.45, 2.75) is 13.0 Å². The molecule has 0 aliphatic rings. The maximum Gasteiger partial charge on any atom is 0.337 e. The van der Waals surface area contributed by atoms with Crippen molar-refractivity contribution < 1.29 is 9.90 Å². The van der Waals surface area contributed by atoms with Crippen LogP contribution in [0.2, 0.25) is 0 Å². The van der Waals surface area contributed by atoms with Crippen molar-refractivity contribution in [3.8, 4) is 0 Å². The van der Waals surface area contributed by atoms with Gasteiger partial charge in [0.2, 0.25) is 0 Å². The van der Waals surface area contributed by atoms with Gasteiger partial charge in [-0.2, -0.15) is 0 Å². The van der Waals surface area contributed by atoms with Gasteiger partial charge in [-0.1, -0.05) is 6.07 Å². The first-order chi connectivity index (χ1) is 7.75. The minimum absolute atomic E-state index is 0.325. The van der Waals surface area contributed by atoms with Crippen molar-refractivity contribution in [3.63, 3.8) is 0 Å². The van der Waals surface area contributed by atoms with Crippen molar-refractivity contribution in [1.82, 2.24) is 9.55 Å². The molecule has 2 aromatic heterocycles. The number of aromatic nitrogens is 2. The van der Waals surface area contributed by atoms with Crippen LogP contribution in [0, 0.1) is 0 Å². The van der Waals surface area contributed by atoms with Crippen molar-refractivity contribution in [2.75, 3.05) is 0 Å². The second kappa shape index (κ2) is 4.61. The van der Waals surface area contributed by atoms with Crippen molar-refractivity contribution >= 4 is 5.97 Å². The Hall–Kier alpha value is -2.10. The summed E-state index contributed by atoms with van der Waals surface area (Å²) in [7, 11) is 0. The molecule has 0 aliphatic carbocycles. The minimum Gasteiger partial charge on any atom is -0.478 e. The first-order valence-corrected chi connectivity index (χ1v) is 5.04. The van der Waals surface area contributed by atoms with Gasteiger partial charge < -0.3 is 9.67 Å². The van der Waals surface area contributed by atoms with Crippen LogP contribution in [0.5, 0.6) is 0 Å². The summed E-state index contributed by atoms with van der Waals surface area (Å²) in [5, 5.41) is 8.76. The number of aromatic carboxylic acids is 1. The second-order valence-corrected chi connectivity index (χ2v) is 3.55. The van der Waals surface area contributed by atoms with E-state index in [0.29, 0.717) is 5.56 Å². The van der Waals surface area contributed by atoms with E-state index in [1.165, 1.54) is 0 Å². The molecule has 0 saturated carbocycles. The quantitative estimate of drug-likeness (QED) is 0.848. The molecule has 0 saturated heterocycles. The normalized spacial score (nSPS) is 10.2. The number of rotatable bonds is 4. The summed E-state index contributed by atoms with van der Waals surface area (Å²) in [5.74, 6) is -0.889. The number of nitrogens with zero attached hydrogens (tertiary/aromatic N) is 2. The molecule has 0 spiro atoms. The molecule has 0 fully saturated rings. The number of hydrogen-bond donors (Lipinski definition) is 1. The van der Waals surface area contributed by atoms with Crippen LogP contribution < -0.4 is 0 Å². The van der Waals surface area contributed by atoms with Crippen LogP contribution in [-0.4, -0.2) is 20.6 Å². The van der Waals surface area contributed by atoms with Crippen LogP contribution in [-0.2, 0) is 13.0 Å². The van der Waals surface area contributed by atoms with E-state index in [9.17, 15) is 4.79 Å². The average molecular weight is 216 g/mol. The molecule has 0 aliphatic heterocycles. The van der Waals surface area contributed by atoms with E-state index >= 15 is 0 Å². The lowest BCUT2D eigenvalue weighted by atomic mass is 10.2. The lowest BCUT2D eigenvalue weighted by molar-refractivity contribution is 0.0697. The van der Waals surface area contributed by atoms with Crippen molar-refractivity contribution in [2.24, 2.45) is 0 Å². The van der Waals surface area contributed by atoms with Gasteiger partial charge in [0.05, 0.1) is 5.56 Å². The Kier molecular flexibility index (Phi) is 3.00. The predicted octanol–water partition coefficient (Wildman–Crippen LogP) is 1.82. The van der Waals surface area contributed by atoms with Gasteiger partial charge in [-0.15, -0.1) is 0 Å². The van der Waals surface area contributed by atoms with Crippen molar-refractivity contribution in [3.05, 3.63) is 54.1 Å². The maximum absolute atomic E-state index is 10.7. The third-order valence-electron chi connectivity index (χ3n) is 2.38. The Morgan fingerprint density at radius 2 is 2.31 bits per heavy atom. The molecule has 0 radical (unpaired) electrons. The molecule has 4 nitrogen and oxygen atoms in total. The standard InChI is InChI=1S/C12H12N2O2/c15-12(16)11-4-7-14(9-11)6-3-10-2-1-5-13-8-10/h1-2,4-5,7-9H,3,6H2,(H,15,16). The topological polar surface area (TPSA) is 55.1 Å². The molecule has 2 heterocycles. The Morgan fingerprint density at radius 1 is 1.44 bits per heavy atom. The number of carboxylic acid groups (broad SMARTS) is 1. The molecule has 16 heavy (non-hydrogen) atoms. The molecular weight excluding hydrogens is 204 g/mol. The first-order valence-electron chi connectivity index (χ1n) is 5.04. The summed E-state index contributed by atoms with van der Waals surface area (Å²) < 4.78 is 1.87. The Bertz CT molecular complexity index is 477. The number of pyridine rings is 1. The number of aryl methyl sites for hydroxylation is 2. The molecule has 4 heteroatoms. The molecule has 2 rings (SSSR count). The zero-order chi connectivity index (χ0) is 11.4. The molecule has 2 aromatic rings. The Labute approximate surface area is 93.2 Å². The highest BCUT2D eigenvalue weighted by Gasteiger charge is 2.03. The summed E-state index contributed by atoms with van der Waals surface area (Å²) in [6.45, 7) is 0.763. The van der Waals surface area contributed by atoms with Gasteiger partial charge in [0.1, 0.15) is 0 Å². The van der Waals surface area contributed by atoms with Gasteiger partial charge >= 0.3 is 5.97 Å². The lowest BCUT2D eigenvalue weighted by Crippen LogP contribution is -1.99. The highest BCUT2D eigenvalue weighted by molar-refractivity contribution is 5.87. The first kappa shape index (κ1) is 10.4. The molecular formula is C12H12N2O2. The van der Waals surface area contributed by atoms with E-state index in [4.69, 9.17) is 5.11 Å². The van der Waals surface area contributed by atoms with Crippen LogP contribution in [0.15, 0.2) is 43.0 Å². The number of carbonyl (C=O) groups is 1. The van der Waals surface area contributed by atoms with Gasteiger partial charge in [0.15, 0.2) is 0 Å². The average Bonchev–Trinajstić information content (AvgIpc) is 2.76.